The Bertz CT molecular complexity index is 1240. The lowest BCUT2D eigenvalue weighted by atomic mass is 9.74. The van der Waals surface area contributed by atoms with Crippen molar-refractivity contribution in [3.8, 4) is 5.75 Å². The Morgan fingerprint density at radius 1 is 1.09 bits per heavy atom. The molecule has 2 aromatic heterocycles. The third kappa shape index (κ3) is 5.68. The number of benzene rings is 1. The van der Waals surface area contributed by atoms with Crippen LogP contribution in [-0.2, 0) is 15.4 Å². The summed E-state index contributed by atoms with van der Waals surface area (Å²) >= 11 is 0. The Balaban J connectivity index is 1.56. The first-order valence-corrected chi connectivity index (χ1v) is 13.1. The minimum absolute atomic E-state index is 0.0128. The maximum Gasteiger partial charge on any atom is 0.269 e. The third-order valence-corrected chi connectivity index (χ3v) is 7.86. The summed E-state index contributed by atoms with van der Waals surface area (Å²) in [5.74, 6) is 0.279. The molecule has 1 aromatic carbocycles. The standard InChI is InChI=1S/C26H30N4O4S/c1-20(2)34-22-12-13-23(28-17-22)25(31)29-18-26(21-9-4-3-5-10-21)14-8-16-30(19-26)35(32,33)24-11-6-7-15-27-24/h3-7,9-13,15,17,20H,8,14,16,18-19H2,1-2H3,(H,29,31). The quantitative estimate of drug-likeness (QED) is 0.515. The van der Waals surface area contributed by atoms with Crippen LogP contribution >= 0.6 is 0 Å². The van der Waals surface area contributed by atoms with Gasteiger partial charge in [-0.1, -0.05) is 36.4 Å². The Morgan fingerprint density at radius 3 is 2.51 bits per heavy atom. The van der Waals surface area contributed by atoms with E-state index in [-0.39, 0.29) is 35.8 Å². The molecule has 3 heterocycles. The minimum atomic E-state index is -3.76. The molecule has 1 unspecified atom stereocenters. The van der Waals surface area contributed by atoms with Crippen molar-refractivity contribution >= 4 is 15.9 Å². The van der Waals surface area contributed by atoms with Crippen LogP contribution in [0, 0.1) is 0 Å². The second-order valence-electron chi connectivity index (χ2n) is 8.98. The molecule has 0 saturated carbocycles. The number of nitrogens with zero attached hydrogens (tertiary/aromatic N) is 3. The number of sulfonamides is 1. The van der Waals surface area contributed by atoms with Gasteiger partial charge in [-0.05, 0) is 56.5 Å². The lowest BCUT2D eigenvalue weighted by Crippen LogP contribution is -2.53. The van der Waals surface area contributed by atoms with Crippen LogP contribution in [0.2, 0.25) is 0 Å². The van der Waals surface area contributed by atoms with Crippen molar-refractivity contribution in [1.29, 1.82) is 0 Å². The van der Waals surface area contributed by atoms with E-state index in [1.165, 1.54) is 22.8 Å². The van der Waals surface area contributed by atoms with E-state index < -0.39 is 15.4 Å². The Morgan fingerprint density at radius 2 is 1.86 bits per heavy atom. The first-order chi connectivity index (χ1) is 16.8. The smallest absolute Gasteiger partial charge is 0.269 e. The monoisotopic (exact) mass is 494 g/mol. The van der Waals surface area contributed by atoms with Crippen molar-refractivity contribution < 1.29 is 17.9 Å². The highest BCUT2D eigenvalue weighted by Gasteiger charge is 2.42. The van der Waals surface area contributed by atoms with Gasteiger partial charge >= 0.3 is 0 Å². The number of amides is 1. The van der Waals surface area contributed by atoms with Crippen molar-refractivity contribution in [2.45, 2.75) is 43.2 Å². The molecule has 1 fully saturated rings. The first kappa shape index (κ1) is 24.8. The van der Waals surface area contributed by atoms with Crippen molar-refractivity contribution in [2.75, 3.05) is 19.6 Å². The fourth-order valence-electron chi connectivity index (χ4n) is 4.40. The molecule has 0 spiro atoms. The van der Waals surface area contributed by atoms with E-state index in [9.17, 15) is 13.2 Å². The summed E-state index contributed by atoms with van der Waals surface area (Å²) in [4.78, 5) is 21.2. The van der Waals surface area contributed by atoms with Gasteiger partial charge < -0.3 is 10.1 Å². The van der Waals surface area contributed by atoms with Gasteiger partial charge in [-0.25, -0.2) is 18.4 Å². The maximum absolute atomic E-state index is 13.3. The number of rotatable bonds is 8. The number of hydrogen-bond acceptors (Lipinski definition) is 6. The van der Waals surface area contributed by atoms with Gasteiger partial charge in [0.05, 0.1) is 12.3 Å². The summed E-state index contributed by atoms with van der Waals surface area (Å²) in [5, 5.41) is 3.03. The highest BCUT2D eigenvalue weighted by atomic mass is 32.2. The molecule has 0 bridgehead atoms. The molecule has 9 heteroatoms. The molecule has 35 heavy (non-hydrogen) atoms. The van der Waals surface area contributed by atoms with E-state index in [1.807, 2.05) is 44.2 Å². The van der Waals surface area contributed by atoms with Crippen molar-refractivity contribution in [3.63, 3.8) is 0 Å². The molecule has 1 aliphatic rings. The molecule has 1 atom stereocenters. The van der Waals surface area contributed by atoms with Crippen LogP contribution in [0.1, 0.15) is 42.7 Å². The molecule has 0 aliphatic carbocycles. The Hall–Kier alpha value is -3.30. The predicted molar refractivity (Wildman–Crippen MR) is 133 cm³/mol. The molecular formula is C26H30N4O4S. The average molecular weight is 495 g/mol. The zero-order valence-corrected chi connectivity index (χ0v) is 20.7. The van der Waals surface area contributed by atoms with Crippen LogP contribution in [-0.4, -0.2) is 54.3 Å². The zero-order valence-electron chi connectivity index (χ0n) is 19.9. The minimum Gasteiger partial charge on any atom is -0.489 e. The summed E-state index contributed by atoms with van der Waals surface area (Å²) < 4.78 is 33.7. The number of pyridine rings is 2. The van der Waals surface area contributed by atoms with Gasteiger partial charge in [-0.15, -0.1) is 0 Å². The summed E-state index contributed by atoms with van der Waals surface area (Å²) in [6, 6.07) is 18.0. The van der Waals surface area contributed by atoms with Crippen LogP contribution in [0.5, 0.6) is 5.75 Å². The normalized spacial score (nSPS) is 18.8. The summed E-state index contributed by atoms with van der Waals surface area (Å²) in [6.07, 6.45) is 4.42. The lowest BCUT2D eigenvalue weighted by Gasteiger charge is -2.42. The third-order valence-electron chi connectivity index (χ3n) is 6.10. The molecule has 4 rings (SSSR count). The second kappa shape index (κ2) is 10.5. The van der Waals surface area contributed by atoms with E-state index in [1.54, 1.807) is 24.3 Å². The lowest BCUT2D eigenvalue weighted by molar-refractivity contribution is 0.0927. The number of carbonyl (C=O) groups is 1. The number of aromatic nitrogens is 2. The predicted octanol–water partition coefficient (Wildman–Crippen LogP) is 3.42. The average Bonchev–Trinajstić information content (AvgIpc) is 2.88. The topological polar surface area (TPSA) is 101 Å². The van der Waals surface area contributed by atoms with Crippen LogP contribution in [0.4, 0.5) is 0 Å². The number of nitrogens with one attached hydrogen (secondary N) is 1. The number of piperidine rings is 1. The summed E-state index contributed by atoms with van der Waals surface area (Å²) in [6.45, 7) is 4.76. The number of hydrogen-bond donors (Lipinski definition) is 1. The maximum atomic E-state index is 13.3. The zero-order chi connectivity index (χ0) is 24.9. The molecule has 1 aliphatic heterocycles. The Labute approximate surface area is 206 Å². The van der Waals surface area contributed by atoms with Crippen molar-refractivity contribution in [3.05, 3.63) is 84.3 Å². The van der Waals surface area contributed by atoms with Gasteiger partial charge in [0, 0.05) is 31.2 Å². The molecule has 8 nitrogen and oxygen atoms in total. The number of ether oxygens (including phenoxy) is 1. The summed E-state index contributed by atoms with van der Waals surface area (Å²) in [7, 11) is -3.76. The van der Waals surface area contributed by atoms with Crippen LogP contribution in [0.15, 0.2) is 78.1 Å². The van der Waals surface area contributed by atoms with E-state index in [4.69, 9.17) is 4.74 Å². The highest BCUT2D eigenvalue weighted by Crippen LogP contribution is 2.36. The molecule has 1 amide bonds. The highest BCUT2D eigenvalue weighted by molar-refractivity contribution is 7.89. The van der Waals surface area contributed by atoms with Crippen LogP contribution in [0.3, 0.4) is 0 Å². The van der Waals surface area contributed by atoms with Crippen LogP contribution in [0.25, 0.3) is 0 Å². The molecule has 1 N–H and O–H groups in total. The van der Waals surface area contributed by atoms with Crippen molar-refractivity contribution in [1.82, 2.24) is 19.6 Å². The van der Waals surface area contributed by atoms with Gasteiger partial charge in [-0.3, -0.25) is 4.79 Å². The fourth-order valence-corrected chi connectivity index (χ4v) is 5.89. The molecule has 184 valence electrons. The molecule has 0 radical (unpaired) electrons. The molecule has 3 aromatic rings. The SMILES string of the molecule is CC(C)Oc1ccc(C(=O)NCC2(c3ccccc3)CCCN(S(=O)(=O)c3ccccn3)C2)nc1. The molecular weight excluding hydrogens is 464 g/mol. The van der Waals surface area contributed by atoms with Gasteiger partial charge in [-0.2, -0.15) is 4.31 Å². The largest absolute Gasteiger partial charge is 0.489 e. The van der Waals surface area contributed by atoms with Gasteiger partial charge in [0.2, 0.25) is 0 Å². The van der Waals surface area contributed by atoms with Gasteiger partial charge in [0.15, 0.2) is 5.03 Å². The number of carbonyl (C=O) groups excluding carboxylic acids is 1. The van der Waals surface area contributed by atoms with E-state index in [0.29, 0.717) is 18.7 Å². The fraction of sp³-hybridized carbons (Fsp3) is 0.346. The first-order valence-electron chi connectivity index (χ1n) is 11.7. The second-order valence-corrected chi connectivity index (χ2v) is 10.9. The van der Waals surface area contributed by atoms with E-state index in [0.717, 1.165) is 12.0 Å². The Kier molecular flexibility index (Phi) is 7.47. The van der Waals surface area contributed by atoms with Gasteiger partial charge in [0.1, 0.15) is 11.4 Å². The van der Waals surface area contributed by atoms with Gasteiger partial charge in [0.25, 0.3) is 15.9 Å². The van der Waals surface area contributed by atoms with Crippen LogP contribution < -0.4 is 10.1 Å². The van der Waals surface area contributed by atoms with E-state index in [2.05, 4.69) is 15.3 Å². The van der Waals surface area contributed by atoms with E-state index >= 15 is 0 Å². The molecule has 1 saturated heterocycles. The van der Waals surface area contributed by atoms with Crippen molar-refractivity contribution in [2.24, 2.45) is 0 Å². The summed E-state index contributed by atoms with van der Waals surface area (Å²) in [5.41, 5.74) is 0.672.